The zero-order valence-electron chi connectivity index (χ0n) is 8.74. The molecule has 1 saturated heterocycles. The average Bonchev–Trinajstić information content (AvgIpc) is 2.14. The molecule has 2 heteroatoms. The van der Waals surface area contributed by atoms with E-state index >= 15 is 0 Å². The summed E-state index contributed by atoms with van der Waals surface area (Å²) in [5, 5.41) is 8.83. The molecule has 0 radical (unpaired) electrons. The summed E-state index contributed by atoms with van der Waals surface area (Å²) in [6.45, 7) is 2.39. The highest BCUT2D eigenvalue weighted by Gasteiger charge is 2.47. The third-order valence-electron chi connectivity index (χ3n) is 3.81. The van der Waals surface area contributed by atoms with Crippen LogP contribution in [0.5, 0.6) is 0 Å². The zero-order chi connectivity index (χ0) is 10.3. The van der Waals surface area contributed by atoms with Crippen molar-refractivity contribution in [3.63, 3.8) is 0 Å². The van der Waals surface area contributed by atoms with Crippen molar-refractivity contribution in [3.8, 4) is 6.07 Å². The van der Waals surface area contributed by atoms with Crippen molar-refractivity contribution in [3.05, 3.63) is 29.8 Å². The highest BCUT2D eigenvalue weighted by molar-refractivity contribution is 5.54. The van der Waals surface area contributed by atoms with Crippen LogP contribution >= 0.6 is 0 Å². The van der Waals surface area contributed by atoms with Gasteiger partial charge in [0.1, 0.15) is 0 Å². The average molecular weight is 198 g/mol. The van der Waals surface area contributed by atoms with Gasteiger partial charge < -0.3 is 4.90 Å². The Kier molecular flexibility index (Phi) is 1.76. The van der Waals surface area contributed by atoms with E-state index in [0.29, 0.717) is 5.41 Å². The maximum atomic E-state index is 8.83. The first-order chi connectivity index (χ1) is 7.31. The standard InChI is InChI=1S/C13H14N2/c14-8-11-3-1-4-12(7-11)15-9-13(10-15)5-2-6-13/h1,3-4,7H,2,5-6,9-10H2. The highest BCUT2D eigenvalue weighted by atomic mass is 15.2. The fourth-order valence-electron chi connectivity index (χ4n) is 2.71. The Morgan fingerprint density at radius 3 is 2.67 bits per heavy atom. The van der Waals surface area contributed by atoms with E-state index < -0.39 is 0 Å². The van der Waals surface area contributed by atoms with Gasteiger partial charge in [-0.05, 0) is 31.0 Å². The van der Waals surface area contributed by atoms with Gasteiger partial charge >= 0.3 is 0 Å². The van der Waals surface area contributed by atoms with E-state index in [-0.39, 0.29) is 0 Å². The van der Waals surface area contributed by atoms with Crippen LogP contribution in [0.3, 0.4) is 0 Å². The molecule has 1 aromatic rings. The summed E-state index contributed by atoms with van der Waals surface area (Å²) in [5.74, 6) is 0. The molecule has 0 amide bonds. The zero-order valence-corrected chi connectivity index (χ0v) is 8.74. The number of benzene rings is 1. The molecule has 1 aliphatic heterocycles. The van der Waals surface area contributed by atoms with Crippen LogP contribution in [-0.4, -0.2) is 13.1 Å². The molecule has 15 heavy (non-hydrogen) atoms. The number of rotatable bonds is 1. The predicted molar refractivity (Wildman–Crippen MR) is 59.7 cm³/mol. The van der Waals surface area contributed by atoms with Gasteiger partial charge in [-0.15, -0.1) is 0 Å². The van der Waals surface area contributed by atoms with Crippen molar-refractivity contribution in [2.75, 3.05) is 18.0 Å². The van der Waals surface area contributed by atoms with Crippen LogP contribution in [0.25, 0.3) is 0 Å². The lowest BCUT2D eigenvalue weighted by molar-refractivity contribution is 0.0904. The Bertz CT molecular complexity index is 418. The summed E-state index contributed by atoms with van der Waals surface area (Å²) in [6, 6.07) is 10.1. The molecule has 0 atom stereocenters. The molecule has 0 unspecified atom stereocenters. The molecule has 1 saturated carbocycles. The van der Waals surface area contributed by atoms with Gasteiger partial charge in [0.05, 0.1) is 11.6 Å². The molecule has 0 aromatic heterocycles. The van der Waals surface area contributed by atoms with Crippen LogP contribution < -0.4 is 4.90 Å². The number of nitrogens with zero attached hydrogens (tertiary/aromatic N) is 2. The lowest BCUT2D eigenvalue weighted by atomic mass is 9.63. The van der Waals surface area contributed by atoms with Gasteiger partial charge in [-0.25, -0.2) is 0 Å². The Morgan fingerprint density at radius 1 is 1.27 bits per heavy atom. The molecule has 1 spiro atoms. The van der Waals surface area contributed by atoms with Crippen molar-refractivity contribution in [2.45, 2.75) is 19.3 Å². The summed E-state index contributed by atoms with van der Waals surface area (Å²) in [5.41, 5.74) is 2.64. The van der Waals surface area contributed by atoms with Gasteiger partial charge in [0, 0.05) is 24.2 Å². The van der Waals surface area contributed by atoms with Gasteiger partial charge in [-0.1, -0.05) is 12.5 Å². The van der Waals surface area contributed by atoms with Crippen molar-refractivity contribution >= 4 is 5.69 Å². The molecule has 2 aliphatic rings. The van der Waals surface area contributed by atoms with E-state index in [9.17, 15) is 0 Å². The number of nitriles is 1. The largest absolute Gasteiger partial charge is 0.370 e. The second-order valence-electron chi connectivity index (χ2n) is 4.87. The summed E-state index contributed by atoms with van der Waals surface area (Å²) >= 11 is 0. The first-order valence-corrected chi connectivity index (χ1v) is 5.57. The minimum absolute atomic E-state index is 0.655. The van der Waals surface area contributed by atoms with Crippen LogP contribution in [-0.2, 0) is 0 Å². The van der Waals surface area contributed by atoms with E-state index in [1.165, 1.54) is 38.0 Å². The van der Waals surface area contributed by atoms with Crippen molar-refractivity contribution < 1.29 is 0 Å². The second-order valence-corrected chi connectivity index (χ2v) is 4.87. The summed E-state index contributed by atoms with van der Waals surface area (Å²) < 4.78 is 0. The van der Waals surface area contributed by atoms with Crippen molar-refractivity contribution in [2.24, 2.45) is 5.41 Å². The van der Waals surface area contributed by atoms with Crippen LogP contribution in [0.4, 0.5) is 5.69 Å². The summed E-state index contributed by atoms with van der Waals surface area (Å²) in [7, 11) is 0. The quantitative estimate of drug-likeness (QED) is 0.693. The van der Waals surface area contributed by atoms with E-state index in [2.05, 4.69) is 17.0 Å². The van der Waals surface area contributed by atoms with Crippen molar-refractivity contribution in [1.82, 2.24) is 0 Å². The Labute approximate surface area is 90.1 Å². The third-order valence-corrected chi connectivity index (χ3v) is 3.81. The first-order valence-electron chi connectivity index (χ1n) is 5.57. The SMILES string of the molecule is N#Cc1cccc(N2CC3(CCC3)C2)c1. The maximum absolute atomic E-state index is 8.83. The van der Waals surface area contributed by atoms with Crippen LogP contribution in [0.1, 0.15) is 24.8 Å². The minimum atomic E-state index is 0.655. The number of hydrogen-bond acceptors (Lipinski definition) is 2. The fraction of sp³-hybridized carbons (Fsp3) is 0.462. The Balaban J connectivity index is 1.75. The van der Waals surface area contributed by atoms with Gasteiger partial charge in [0.15, 0.2) is 0 Å². The highest BCUT2D eigenvalue weighted by Crippen LogP contribution is 2.49. The van der Waals surface area contributed by atoms with E-state index in [1.54, 1.807) is 0 Å². The molecule has 1 heterocycles. The third kappa shape index (κ3) is 1.31. The predicted octanol–water partition coefficient (Wildman–Crippen LogP) is 2.55. The normalized spacial score (nSPS) is 21.7. The monoisotopic (exact) mass is 198 g/mol. The fourth-order valence-corrected chi connectivity index (χ4v) is 2.71. The molecule has 1 aromatic carbocycles. The smallest absolute Gasteiger partial charge is 0.0992 e. The molecule has 3 rings (SSSR count). The number of anilines is 1. The van der Waals surface area contributed by atoms with Gasteiger partial charge in [-0.3, -0.25) is 0 Å². The molecule has 1 aliphatic carbocycles. The Morgan fingerprint density at radius 2 is 2.07 bits per heavy atom. The van der Waals surface area contributed by atoms with E-state index in [0.717, 1.165) is 5.56 Å². The molecular formula is C13H14N2. The Hall–Kier alpha value is -1.49. The number of hydrogen-bond donors (Lipinski definition) is 0. The van der Waals surface area contributed by atoms with Crippen molar-refractivity contribution in [1.29, 1.82) is 5.26 Å². The summed E-state index contributed by atoms with van der Waals surface area (Å²) in [4.78, 5) is 2.39. The van der Waals surface area contributed by atoms with E-state index in [4.69, 9.17) is 5.26 Å². The van der Waals surface area contributed by atoms with Crippen LogP contribution in [0, 0.1) is 16.7 Å². The lowest BCUT2D eigenvalue weighted by Crippen LogP contribution is -2.59. The molecule has 2 fully saturated rings. The topological polar surface area (TPSA) is 27.0 Å². The molecular weight excluding hydrogens is 184 g/mol. The minimum Gasteiger partial charge on any atom is -0.370 e. The molecule has 76 valence electrons. The maximum Gasteiger partial charge on any atom is 0.0992 e. The lowest BCUT2D eigenvalue weighted by Gasteiger charge is -2.57. The van der Waals surface area contributed by atoms with Crippen LogP contribution in [0.15, 0.2) is 24.3 Å². The summed E-state index contributed by atoms with van der Waals surface area (Å²) in [6.07, 6.45) is 4.22. The second kappa shape index (κ2) is 3.00. The molecule has 0 bridgehead atoms. The van der Waals surface area contributed by atoms with Gasteiger partial charge in [0.25, 0.3) is 0 Å². The van der Waals surface area contributed by atoms with Crippen LogP contribution in [0.2, 0.25) is 0 Å². The van der Waals surface area contributed by atoms with Gasteiger partial charge in [-0.2, -0.15) is 5.26 Å². The van der Waals surface area contributed by atoms with Gasteiger partial charge in [0.2, 0.25) is 0 Å². The van der Waals surface area contributed by atoms with E-state index in [1.807, 2.05) is 18.2 Å². The first kappa shape index (κ1) is 8.79. The molecule has 0 N–H and O–H groups in total. The molecule has 2 nitrogen and oxygen atoms in total.